The van der Waals surface area contributed by atoms with Gasteiger partial charge < -0.3 is 9.47 Å². The molecule has 4 rings (SSSR count). The van der Waals surface area contributed by atoms with Crippen molar-refractivity contribution in [2.45, 2.75) is 20.0 Å². The summed E-state index contributed by atoms with van der Waals surface area (Å²) in [5.41, 5.74) is 3.96. The van der Waals surface area contributed by atoms with Gasteiger partial charge in [0.15, 0.2) is 11.9 Å². The van der Waals surface area contributed by atoms with Gasteiger partial charge in [-0.1, -0.05) is 60.2 Å². The van der Waals surface area contributed by atoms with E-state index in [0.717, 1.165) is 16.3 Å². The first-order valence-corrected chi connectivity index (χ1v) is 11.4. The Kier molecular flexibility index (Phi) is 7.53. The molecule has 0 saturated heterocycles. The Morgan fingerprint density at radius 2 is 1.73 bits per heavy atom. The molecule has 9 heteroatoms. The van der Waals surface area contributed by atoms with E-state index in [2.05, 4.69) is 10.5 Å². The molecule has 0 bridgehead atoms. The van der Waals surface area contributed by atoms with Crippen LogP contribution in [0, 0.1) is 17.0 Å². The Labute approximate surface area is 212 Å². The third-order valence-electron chi connectivity index (χ3n) is 5.49. The average molecular weight is 498 g/mol. The van der Waals surface area contributed by atoms with E-state index in [0.29, 0.717) is 11.1 Å². The maximum absolute atomic E-state index is 12.8. The van der Waals surface area contributed by atoms with E-state index in [1.54, 1.807) is 30.3 Å². The number of aryl methyl sites for hydroxylation is 1. The second kappa shape index (κ2) is 11.1. The van der Waals surface area contributed by atoms with Crippen LogP contribution in [0.4, 0.5) is 5.69 Å². The second-order valence-electron chi connectivity index (χ2n) is 8.18. The largest absolute Gasteiger partial charge is 0.474 e. The van der Waals surface area contributed by atoms with Gasteiger partial charge in [0.1, 0.15) is 5.75 Å². The first kappa shape index (κ1) is 25.1. The number of nitro groups is 1. The summed E-state index contributed by atoms with van der Waals surface area (Å²) in [7, 11) is 0. The number of ether oxygens (including phenoxy) is 2. The fourth-order valence-electron chi connectivity index (χ4n) is 3.63. The molecular weight excluding hydrogens is 474 g/mol. The van der Waals surface area contributed by atoms with Crippen molar-refractivity contribution in [3.8, 4) is 11.5 Å². The maximum atomic E-state index is 12.8. The summed E-state index contributed by atoms with van der Waals surface area (Å²) >= 11 is 0. The lowest BCUT2D eigenvalue weighted by Gasteiger charge is -2.13. The van der Waals surface area contributed by atoms with Crippen molar-refractivity contribution in [3.63, 3.8) is 0 Å². The van der Waals surface area contributed by atoms with Crippen molar-refractivity contribution in [1.29, 1.82) is 0 Å². The quantitative estimate of drug-likeness (QED) is 0.118. The van der Waals surface area contributed by atoms with Gasteiger partial charge in [0.05, 0.1) is 16.7 Å². The lowest BCUT2D eigenvalue weighted by molar-refractivity contribution is -0.386. The number of esters is 1. The number of para-hydroxylation sites is 2. The van der Waals surface area contributed by atoms with Gasteiger partial charge in [-0.2, -0.15) is 5.10 Å². The van der Waals surface area contributed by atoms with E-state index < -0.39 is 22.9 Å². The highest BCUT2D eigenvalue weighted by molar-refractivity contribution is 6.04. The number of nitrogens with zero attached hydrogens (tertiary/aromatic N) is 2. The van der Waals surface area contributed by atoms with Gasteiger partial charge in [-0.25, -0.2) is 10.2 Å². The van der Waals surface area contributed by atoms with Crippen LogP contribution < -0.4 is 14.9 Å². The van der Waals surface area contributed by atoms with Crippen molar-refractivity contribution in [1.82, 2.24) is 5.43 Å². The van der Waals surface area contributed by atoms with Gasteiger partial charge in [0.2, 0.25) is 0 Å². The van der Waals surface area contributed by atoms with Crippen molar-refractivity contribution in [3.05, 3.63) is 112 Å². The highest BCUT2D eigenvalue weighted by Crippen LogP contribution is 2.28. The molecular formula is C28H23N3O6. The van der Waals surface area contributed by atoms with E-state index in [1.807, 2.05) is 43.3 Å². The number of hydrogen-bond acceptors (Lipinski definition) is 7. The highest BCUT2D eigenvalue weighted by atomic mass is 16.6. The molecule has 0 heterocycles. The normalized spacial score (nSPS) is 11.7. The van der Waals surface area contributed by atoms with Crippen LogP contribution in [-0.2, 0) is 4.79 Å². The molecule has 0 aliphatic heterocycles. The summed E-state index contributed by atoms with van der Waals surface area (Å²) in [6, 6.07) is 23.8. The van der Waals surface area contributed by atoms with Gasteiger partial charge in [0.25, 0.3) is 5.91 Å². The molecule has 1 atom stereocenters. The third-order valence-corrected chi connectivity index (χ3v) is 5.49. The molecule has 0 radical (unpaired) electrons. The summed E-state index contributed by atoms with van der Waals surface area (Å²) in [4.78, 5) is 35.9. The molecule has 0 unspecified atom stereocenters. The molecule has 0 aliphatic carbocycles. The van der Waals surface area contributed by atoms with Crippen LogP contribution in [-0.4, -0.2) is 29.1 Å². The fourth-order valence-corrected chi connectivity index (χ4v) is 3.63. The van der Waals surface area contributed by atoms with E-state index >= 15 is 0 Å². The molecule has 4 aromatic rings. The van der Waals surface area contributed by atoms with Crippen LogP contribution in [0.1, 0.15) is 28.4 Å². The van der Waals surface area contributed by atoms with Crippen LogP contribution in [0.5, 0.6) is 11.5 Å². The molecule has 0 saturated carbocycles. The van der Waals surface area contributed by atoms with Crippen molar-refractivity contribution in [2.24, 2.45) is 5.10 Å². The number of rotatable bonds is 8. The zero-order chi connectivity index (χ0) is 26.4. The predicted octanol–water partition coefficient (Wildman–Crippen LogP) is 5.19. The predicted molar refractivity (Wildman–Crippen MR) is 139 cm³/mol. The van der Waals surface area contributed by atoms with Crippen LogP contribution in [0.2, 0.25) is 0 Å². The van der Waals surface area contributed by atoms with E-state index in [1.165, 1.54) is 31.3 Å². The second-order valence-corrected chi connectivity index (χ2v) is 8.18. The molecule has 0 spiro atoms. The number of fused-ring (bicyclic) bond motifs is 1. The molecule has 9 nitrogen and oxygen atoms in total. The molecule has 4 aromatic carbocycles. The number of benzene rings is 4. The van der Waals surface area contributed by atoms with E-state index in [9.17, 15) is 19.7 Å². The molecule has 0 fully saturated rings. The molecule has 0 aliphatic rings. The Morgan fingerprint density at radius 1 is 0.973 bits per heavy atom. The number of nitrogens with one attached hydrogen (secondary N) is 1. The van der Waals surface area contributed by atoms with E-state index in [-0.39, 0.29) is 17.2 Å². The topological polar surface area (TPSA) is 120 Å². The maximum Gasteiger partial charge on any atom is 0.343 e. The first-order chi connectivity index (χ1) is 17.8. The zero-order valence-corrected chi connectivity index (χ0v) is 20.1. The Morgan fingerprint density at radius 3 is 2.51 bits per heavy atom. The van der Waals surface area contributed by atoms with Crippen LogP contribution in [0.15, 0.2) is 90.0 Å². The van der Waals surface area contributed by atoms with Crippen molar-refractivity contribution >= 4 is 34.6 Å². The van der Waals surface area contributed by atoms with E-state index in [4.69, 9.17) is 9.47 Å². The Bertz CT molecular complexity index is 1520. The van der Waals surface area contributed by atoms with Gasteiger partial charge in [-0.05, 0) is 48.9 Å². The minimum absolute atomic E-state index is 0.0291. The summed E-state index contributed by atoms with van der Waals surface area (Å²) < 4.78 is 11.2. The Balaban J connectivity index is 1.54. The van der Waals surface area contributed by atoms with Crippen LogP contribution in [0.25, 0.3) is 10.8 Å². The summed E-state index contributed by atoms with van der Waals surface area (Å²) in [5, 5.41) is 16.9. The summed E-state index contributed by atoms with van der Waals surface area (Å²) in [6.45, 7) is 3.34. The van der Waals surface area contributed by atoms with Crippen molar-refractivity contribution in [2.75, 3.05) is 0 Å². The summed E-state index contributed by atoms with van der Waals surface area (Å²) in [6.07, 6.45) is 0.320. The van der Waals surface area contributed by atoms with Gasteiger partial charge >= 0.3 is 11.7 Å². The standard InChI is InChI=1S/C28H23N3O6/c1-18-8-7-10-21(16-18)28(33)37-25-15-14-20-9-3-4-11-22(20)23(25)17-29-30-27(32)19(2)36-26-13-6-5-12-24(26)31(34)35/h3-17,19H,1-2H3,(H,30,32)/b29-17-/t19-/m0/s1. The molecule has 1 N–H and O–H groups in total. The van der Waals surface area contributed by atoms with Crippen molar-refractivity contribution < 1.29 is 24.0 Å². The monoisotopic (exact) mass is 497 g/mol. The number of hydrazone groups is 1. The number of amides is 1. The van der Waals surface area contributed by atoms with Gasteiger partial charge in [-0.3, -0.25) is 14.9 Å². The Hall–Kier alpha value is -5.05. The smallest absolute Gasteiger partial charge is 0.343 e. The average Bonchev–Trinajstić information content (AvgIpc) is 2.89. The number of nitro benzene ring substituents is 1. The lowest BCUT2D eigenvalue weighted by atomic mass is 10.0. The van der Waals surface area contributed by atoms with Crippen LogP contribution >= 0.6 is 0 Å². The zero-order valence-electron chi connectivity index (χ0n) is 20.1. The SMILES string of the molecule is Cc1cccc(C(=O)Oc2ccc3ccccc3c2/C=N\NC(=O)[C@H](C)Oc2ccccc2[N+](=O)[O-])c1. The summed E-state index contributed by atoms with van der Waals surface area (Å²) in [5.74, 6) is -0.900. The molecule has 0 aromatic heterocycles. The molecule has 186 valence electrons. The van der Waals surface area contributed by atoms with Crippen LogP contribution in [0.3, 0.4) is 0 Å². The number of carbonyl (C=O) groups excluding carboxylic acids is 2. The highest BCUT2D eigenvalue weighted by Gasteiger charge is 2.20. The first-order valence-electron chi connectivity index (χ1n) is 11.4. The fraction of sp³-hybridized carbons (Fsp3) is 0.107. The minimum atomic E-state index is -1.07. The number of carbonyl (C=O) groups is 2. The third kappa shape index (κ3) is 5.96. The molecule has 1 amide bonds. The van der Waals surface area contributed by atoms with Gasteiger partial charge in [-0.15, -0.1) is 0 Å². The van der Waals surface area contributed by atoms with Gasteiger partial charge in [0, 0.05) is 11.6 Å². The minimum Gasteiger partial charge on any atom is -0.474 e. The number of hydrogen-bond donors (Lipinski definition) is 1. The lowest BCUT2D eigenvalue weighted by Crippen LogP contribution is -2.33. The molecule has 37 heavy (non-hydrogen) atoms.